The third kappa shape index (κ3) is 4.03. The van der Waals surface area contributed by atoms with E-state index in [1.807, 2.05) is 24.3 Å². The Morgan fingerprint density at radius 2 is 1.74 bits per heavy atom. The second kappa shape index (κ2) is 6.37. The van der Waals surface area contributed by atoms with Crippen molar-refractivity contribution in [2.24, 2.45) is 0 Å². The van der Waals surface area contributed by atoms with Crippen LogP contribution in [0.2, 0.25) is 4.34 Å². The summed E-state index contributed by atoms with van der Waals surface area (Å²) in [4.78, 5) is 0. The second-order valence-electron chi connectivity index (χ2n) is 3.83. The van der Waals surface area contributed by atoms with Crippen molar-refractivity contribution in [1.29, 1.82) is 0 Å². The lowest BCUT2D eigenvalue weighted by Crippen LogP contribution is -2.22. The molecule has 0 atom stereocenters. The lowest BCUT2D eigenvalue weighted by atomic mass is 10.2. The van der Waals surface area contributed by atoms with Gasteiger partial charge in [0.1, 0.15) is 4.21 Å². The summed E-state index contributed by atoms with van der Waals surface area (Å²) in [5.74, 6) is 0. The maximum absolute atomic E-state index is 12.0. The molecule has 0 aliphatic heterocycles. The highest BCUT2D eigenvalue weighted by Crippen LogP contribution is 2.25. The standard InChI is InChI=1S/C12H11BrClNO2S2/c13-7-9-1-3-10(4-2-9)8-15-19(16,17)12-6-5-11(14)18-12/h1-6,15H,7-8H2. The number of sulfonamides is 1. The molecule has 7 heteroatoms. The molecule has 102 valence electrons. The molecule has 0 amide bonds. The van der Waals surface area contributed by atoms with Crippen molar-refractivity contribution < 1.29 is 8.42 Å². The molecule has 2 aromatic rings. The van der Waals surface area contributed by atoms with Crippen molar-refractivity contribution in [1.82, 2.24) is 4.72 Å². The fourth-order valence-corrected chi connectivity index (χ4v) is 4.36. The molecule has 3 nitrogen and oxygen atoms in total. The topological polar surface area (TPSA) is 46.2 Å². The van der Waals surface area contributed by atoms with Gasteiger partial charge in [0.15, 0.2) is 0 Å². The van der Waals surface area contributed by atoms with Crippen molar-refractivity contribution >= 4 is 48.9 Å². The summed E-state index contributed by atoms with van der Waals surface area (Å²) in [6.07, 6.45) is 0. The average molecular weight is 381 g/mol. The summed E-state index contributed by atoms with van der Waals surface area (Å²) in [5, 5.41) is 0.784. The molecule has 1 aromatic heterocycles. The van der Waals surface area contributed by atoms with E-state index >= 15 is 0 Å². The lowest BCUT2D eigenvalue weighted by Gasteiger charge is -2.05. The Balaban J connectivity index is 2.05. The average Bonchev–Trinajstić information content (AvgIpc) is 2.85. The van der Waals surface area contributed by atoms with Gasteiger partial charge in [-0.15, -0.1) is 11.3 Å². The number of nitrogens with one attached hydrogen (secondary N) is 1. The van der Waals surface area contributed by atoms with Crippen molar-refractivity contribution in [3.63, 3.8) is 0 Å². The summed E-state index contributed by atoms with van der Waals surface area (Å²) < 4.78 is 27.2. The number of benzene rings is 1. The van der Waals surface area contributed by atoms with Gasteiger partial charge in [0, 0.05) is 11.9 Å². The lowest BCUT2D eigenvalue weighted by molar-refractivity contribution is 0.583. The maximum Gasteiger partial charge on any atom is 0.250 e. The first-order chi connectivity index (χ1) is 9.01. The molecule has 1 aromatic carbocycles. The van der Waals surface area contributed by atoms with Crippen LogP contribution in [0.15, 0.2) is 40.6 Å². The molecule has 0 aliphatic carbocycles. The van der Waals surface area contributed by atoms with Crippen LogP contribution in [0.1, 0.15) is 11.1 Å². The number of rotatable bonds is 5. The first kappa shape index (κ1) is 15.0. The number of hydrogen-bond acceptors (Lipinski definition) is 3. The highest BCUT2D eigenvalue weighted by molar-refractivity contribution is 9.08. The molecule has 0 unspecified atom stereocenters. The Hall–Kier alpha value is -0.400. The van der Waals surface area contributed by atoms with Crippen LogP contribution in [0.25, 0.3) is 0 Å². The number of hydrogen-bond donors (Lipinski definition) is 1. The largest absolute Gasteiger partial charge is 0.250 e. The van der Waals surface area contributed by atoms with Crippen LogP contribution < -0.4 is 4.72 Å². The molecule has 0 radical (unpaired) electrons. The first-order valence-corrected chi connectivity index (χ1v) is 9.20. The van der Waals surface area contributed by atoms with E-state index in [-0.39, 0.29) is 10.8 Å². The van der Waals surface area contributed by atoms with Crippen LogP contribution in [-0.4, -0.2) is 8.42 Å². The van der Waals surface area contributed by atoms with E-state index in [4.69, 9.17) is 11.6 Å². The van der Waals surface area contributed by atoms with Crippen molar-refractivity contribution in [3.05, 3.63) is 51.9 Å². The fraction of sp³-hybridized carbons (Fsp3) is 0.167. The van der Waals surface area contributed by atoms with Crippen LogP contribution in [-0.2, 0) is 21.9 Å². The quantitative estimate of drug-likeness (QED) is 0.803. The number of alkyl halides is 1. The molecule has 19 heavy (non-hydrogen) atoms. The molecule has 0 fully saturated rings. The van der Waals surface area contributed by atoms with Gasteiger partial charge in [0.05, 0.1) is 4.34 Å². The van der Waals surface area contributed by atoms with Gasteiger partial charge in [-0.25, -0.2) is 13.1 Å². The SMILES string of the molecule is O=S(=O)(NCc1ccc(CBr)cc1)c1ccc(Cl)s1. The highest BCUT2D eigenvalue weighted by atomic mass is 79.9. The maximum atomic E-state index is 12.0. The number of thiophene rings is 1. The van der Waals surface area contributed by atoms with E-state index in [2.05, 4.69) is 20.7 Å². The number of halogens is 2. The van der Waals surface area contributed by atoms with Gasteiger partial charge >= 0.3 is 0 Å². The Labute approximate surface area is 129 Å². The summed E-state index contributed by atoms with van der Waals surface area (Å²) in [7, 11) is -3.48. The van der Waals surface area contributed by atoms with Crippen LogP contribution in [0.5, 0.6) is 0 Å². The monoisotopic (exact) mass is 379 g/mol. The normalized spacial score (nSPS) is 11.7. The summed E-state index contributed by atoms with van der Waals surface area (Å²) >= 11 is 10.1. The zero-order chi connectivity index (χ0) is 13.9. The second-order valence-corrected chi connectivity index (χ2v) is 8.10. The zero-order valence-electron chi connectivity index (χ0n) is 9.77. The van der Waals surface area contributed by atoms with E-state index in [1.165, 1.54) is 6.07 Å². The minimum Gasteiger partial charge on any atom is -0.206 e. The molecule has 1 N–H and O–H groups in total. The molecule has 0 bridgehead atoms. The van der Waals surface area contributed by atoms with E-state index in [9.17, 15) is 8.42 Å². The van der Waals surface area contributed by atoms with Crippen LogP contribution in [0.3, 0.4) is 0 Å². The minimum absolute atomic E-state index is 0.231. The predicted octanol–water partition coefficient (Wildman–Crippen LogP) is 3.77. The molecule has 0 spiro atoms. The smallest absolute Gasteiger partial charge is 0.206 e. The van der Waals surface area contributed by atoms with Gasteiger partial charge in [0.25, 0.3) is 0 Å². The van der Waals surface area contributed by atoms with E-state index in [0.717, 1.165) is 27.8 Å². The van der Waals surface area contributed by atoms with Gasteiger partial charge in [-0.05, 0) is 23.3 Å². The summed E-state index contributed by atoms with van der Waals surface area (Å²) in [6, 6.07) is 10.8. The zero-order valence-corrected chi connectivity index (χ0v) is 13.7. The van der Waals surface area contributed by atoms with Gasteiger partial charge in [-0.3, -0.25) is 0 Å². The van der Waals surface area contributed by atoms with E-state index < -0.39 is 10.0 Å². The fourth-order valence-electron chi connectivity index (χ4n) is 1.44. The molecular formula is C12H11BrClNO2S2. The van der Waals surface area contributed by atoms with Gasteiger partial charge in [-0.1, -0.05) is 51.8 Å². The Kier molecular flexibility index (Phi) is 5.03. The van der Waals surface area contributed by atoms with Gasteiger partial charge in [-0.2, -0.15) is 0 Å². The Bertz CT molecular complexity index is 653. The van der Waals surface area contributed by atoms with E-state index in [0.29, 0.717) is 4.34 Å². The van der Waals surface area contributed by atoms with Crippen LogP contribution in [0.4, 0.5) is 0 Å². The van der Waals surface area contributed by atoms with Crippen molar-refractivity contribution in [2.45, 2.75) is 16.1 Å². The minimum atomic E-state index is -3.48. The first-order valence-electron chi connectivity index (χ1n) is 5.40. The van der Waals surface area contributed by atoms with E-state index in [1.54, 1.807) is 6.07 Å². The molecular weight excluding hydrogens is 370 g/mol. The Morgan fingerprint density at radius 1 is 1.11 bits per heavy atom. The third-order valence-corrected chi connectivity index (χ3v) is 6.23. The Morgan fingerprint density at radius 3 is 2.26 bits per heavy atom. The van der Waals surface area contributed by atoms with Crippen molar-refractivity contribution in [3.8, 4) is 0 Å². The van der Waals surface area contributed by atoms with Crippen LogP contribution >= 0.6 is 38.9 Å². The third-order valence-electron chi connectivity index (χ3n) is 2.46. The van der Waals surface area contributed by atoms with Gasteiger partial charge < -0.3 is 0 Å². The summed E-state index contributed by atoms with van der Waals surface area (Å²) in [6.45, 7) is 0.264. The molecule has 1 heterocycles. The predicted molar refractivity (Wildman–Crippen MR) is 82.4 cm³/mol. The van der Waals surface area contributed by atoms with Crippen molar-refractivity contribution in [2.75, 3.05) is 0 Å². The van der Waals surface area contributed by atoms with Gasteiger partial charge in [0.2, 0.25) is 10.0 Å². The molecule has 0 saturated heterocycles. The summed E-state index contributed by atoms with van der Waals surface area (Å²) in [5.41, 5.74) is 2.06. The molecule has 0 saturated carbocycles. The molecule has 2 rings (SSSR count). The molecule has 0 aliphatic rings. The van der Waals surface area contributed by atoms with Crippen LogP contribution in [0, 0.1) is 0 Å². The highest BCUT2D eigenvalue weighted by Gasteiger charge is 2.15.